The van der Waals surface area contributed by atoms with Crippen LogP contribution < -0.4 is 4.90 Å². The number of aliphatic hydroxyl groups excluding tert-OH is 1. The predicted octanol–water partition coefficient (Wildman–Crippen LogP) is 2.74. The van der Waals surface area contributed by atoms with E-state index in [4.69, 9.17) is 0 Å². The molecule has 3 aromatic rings. The third-order valence-electron chi connectivity index (χ3n) is 4.35. The van der Waals surface area contributed by atoms with Crippen molar-refractivity contribution in [3.8, 4) is 17.3 Å². The minimum Gasteiger partial charge on any atom is -0.391 e. The first-order chi connectivity index (χ1) is 11.7. The molecule has 1 saturated heterocycles. The summed E-state index contributed by atoms with van der Waals surface area (Å²) in [6.07, 6.45) is 2.16. The van der Waals surface area contributed by atoms with Gasteiger partial charge in [0, 0.05) is 30.2 Å². The molecule has 1 aliphatic heterocycles. The Morgan fingerprint density at radius 3 is 2.83 bits per heavy atom. The highest BCUT2D eigenvalue weighted by atomic mass is 16.3. The van der Waals surface area contributed by atoms with Gasteiger partial charge in [-0.25, -0.2) is 4.98 Å². The zero-order chi connectivity index (χ0) is 16.5. The molecule has 1 aliphatic rings. The van der Waals surface area contributed by atoms with Crippen LogP contribution in [-0.4, -0.2) is 34.3 Å². The summed E-state index contributed by atoms with van der Waals surface area (Å²) in [6, 6.07) is 15.8. The lowest BCUT2D eigenvalue weighted by atomic mass is 10.0. The van der Waals surface area contributed by atoms with Crippen molar-refractivity contribution in [2.75, 3.05) is 18.0 Å². The van der Waals surface area contributed by atoms with Crippen LogP contribution in [0.15, 0.2) is 48.7 Å². The Hall–Kier alpha value is -2.97. The number of aromatic nitrogens is 2. The van der Waals surface area contributed by atoms with Gasteiger partial charge in [-0.2, -0.15) is 5.26 Å². The van der Waals surface area contributed by atoms with E-state index in [2.05, 4.69) is 16.0 Å². The van der Waals surface area contributed by atoms with Gasteiger partial charge in [-0.15, -0.1) is 0 Å². The lowest BCUT2D eigenvalue weighted by Crippen LogP contribution is -2.22. The second-order valence-electron chi connectivity index (χ2n) is 5.98. The molecule has 1 unspecified atom stereocenters. The number of pyridine rings is 2. The number of fused-ring (bicyclic) bond motifs is 1. The highest BCUT2D eigenvalue weighted by Gasteiger charge is 2.23. The minimum atomic E-state index is -0.333. The van der Waals surface area contributed by atoms with Crippen molar-refractivity contribution in [3.63, 3.8) is 0 Å². The lowest BCUT2D eigenvalue weighted by Gasteiger charge is -2.19. The number of anilines is 1. The van der Waals surface area contributed by atoms with Gasteiger partial charge in [0.05, 0.1) is 11.8 Å². The molecule has 118 valence electrons. The number of hydrogen-bond acceptors (Lipinski definition) is 5. The van der Waals surface area contributed by atoms with Gasteiger partial charge in [0.15, 0.2) is 0 Å². The third-order valence-corrected chi connectivity index (χ3v) is 4.35. The van der Waals surface area contributed by atoms with Gasteiger partial charge in [0.1, 0.15) is 17.6 Å². The smallest absolute Gasteiger partial charge is 0.143 e. The largest absolute Gasteiger partial charge is 0.391 e. The highest BCUT2D eigenvalue weighted by molar-refractivity contribution is 5.95. The zero-order valence-corrected chi connectivity index (χ0v) is 13.1. The maximum atomic E-state index is 9.81. The average molecular weight is 316 g/mol. The van der Waals surface area contributed by atoms with Crippen molar-refractivity contribution >= 4 is 16.6 Å². The van der Waals surface area contributed by atoms with Crippen molar-refractivity contribution in [3.05, 3.63) is 54.4 Å². The van der Waals surface area contributed by atoms with Crippen LogP contribution in [0, 0.1) is 11.3 Å². The minimum absolute atomic E-state index is 0.333. The third kappa shape index (κ3) is 2.57. The fraction of sp³-hybridized carbons (Fsp3) is 0.211. The topological polar surface area (TPSA) is 73.0 Å². The van der Waals surface area contributed by atoms with E-state index in [-0.39, 0.29) is 6.10 Å². The molecule has 5 heteroatoms. The molecule has 4 rings (SSSR count). The van der Waals surface area contributed by atoms with E-state index in [1.165, 1.54) is 0 Å². The van der Waals surface area contributed by atoms with E-state index in [0.717, 1.165) is 40.8 Å². The molecule has 2 aromatic heterocycles. The summed E-state index contributed by atoms with van der Waals surface area (Å²) in [5.74, 6) is 0.771. The van der Waals surface area contributed by atoms with E-state index in [1.54, 1.807) is 12.3 Å². The zero-order valence-electron chi connectivity index (χ0n) is 13.1. The van der Waals surface area contributed by atoms with Crippen LogP contribution >= 0.6 is 0 Å². The fourth-order valence-electron chi connectivity index (χ4n) is 3.17. The standard InChI is InChI=1S/C19H16N4O/c20-11-15-10-14-9-13(18-3-1-2-7-21-18)4-5-17(14)19(22-15)23-8-6-16(24)12-23/h1-5,7,9-10,16,24H,6,8,12H2. The summed E-state index contributed by atoms with van der Waals surface area (Å²) in [4.78, 5) is 10.9. The van der Waals surface area contributed by atoms with E-state index in [0.29, 0.717) is 12.2 Å². The predicted molar refractivity (Wildman–Crippen MR) is 92.5 cm³/mol. The van der Waals surface area contributed by atoms with Gasteiger partial charge in [-0.3, -0.25) is 4.98 Å². The van der Waals surface area contributed by atoms with Crippen LogP contribution in [-0.2, 0) is 0 Å². The van der Waals surface area contributed by atoms with E-state index in [1.807, 2.05) is 41.3 Å². The Morgan fingerprint density at radius 1 is 1.21 bits per heavy atom. The molecule has 1 aromatic carbocycles. The van der Waals surface area contributed by atoms with E-state index >= 15 is 0 Å². The van der Waals surface area contributed by atoms with Crippen molar-refractivity contribution in [2.24, 2.45) is 0 Å². The van der Waals surface area contributed by atoms with Crippen molar-refractivity contribution in [1.82, 2.24) is 9.97 Å². The summed E-state index contributed by atoms with van der Waals surface area (Å²) < 4.78 is 0. The Bertz CT molecular complexity index is 933. The first-order valence-corrected chi connectivity index (χ1v) is 7.94. The molecular formula is C19H16N4O. The Kier molecular flexibility index (Phi) is 3.60. The van der Waals surface area contributed by atoms with Crippen molar-refractivity contribution in [1.29, 1.82) is 5.26 Å². The first-order valence-electron chi connectivity index (χ1n) is 7.94. The van der Waals surface area contributed by atoms with Crippen molar-refractivity contribution < 1.29 is 5.11 Å². The quantitative estimate of drug-likeness (QED) is 0.787. The molecule has 0 saturated carbocycles. The fourth-order valence-corrected chi connectivity index (χ4v) is 3.17. The molecule has 1 fully saturated rings. The lowest BCUT2D eigenvalue weighted by molar-refractivity contribution is 0.198. The van der Waals surface area contributed by atoms with Crippen LogP contribution in [0.25, 0.3) is 22.0 Å². The number of rotatable bonds is 2. The molecule has 0 bridgehead atoms. The number of nitriles is 1. The van der Waals surface area contributed by atoms with Crippen LogP contribution in [0.3, 0.4) is 0 Å². The molecule has 24 heavy (non-hydrogen) atoms. The van der Waals surface area contributed by atoms with Crippen LogP contribution in [0.2, 0.25) is 0 Å². The number of hydrogen-bond donors (Lipinski definition) is 1. The maximum absolute atomic E-state index is 9.81. The van der Waals surface area contributed by atoms with Gasteiger partial charge < -0.3 is 10.0 Å². The SMILES string of the molecule is N#Cc1cc2cc(-c3ccccn3)ccc2c(N2CCC(O)C2)n1. The van der Waals surface area contributed by atoms with Crippen molar-refractivity contribution in [2.45, 2.75) is 12.5 Å². The first kappa shape index (κ1) is 14.6. The molecule has 0 aliphatic carbocycles. The van der Waals surface area contributed by atoms with Crippen LogP contribution in [0.5, 0.6) is 0 Å². The normalized spacial score (nSPS) is 17.2. The number of β-amino-alcohol motifs (C(OH)–C–C–N with tert-alkyl or cyclic N) is 1. The highest BCUT2D eigenvalue weighted by Crippen LogP contribution is 2.31. The molecule has 0 amide bonds. The summed E-state index contributed by atoms with van der Waals surface area (Å²) in [5.41, 5.74) is 2.29. The number of aliphatic hydroxyl groups is 1. The summed E-state index contributed by atoms with van der Waals surface area (Å²) in [5, 5.41) is 21.1. The van der Waals surface area contributed by atoms with Gasteiger partial charge in [0.25, 0.3) is 0 Å². The summed E-state index contributed by atoms with van der Waals surface area (Å²) in [6.45, 7) is 1.30. The molecule has 0 spiro atoms. The molecule has 3 heterocycles. The Morgan fingerprint density at radius 2 is 2.12 bits per heavy atom. The van der Waals surface area contributed by atoms with Gasteiger partial charge in [-0.1, -0.05) is 12.1 Å². The second kappa shape index (κ2) is 5.91. The molecule has 1 atom stereocenters. The summed E-state index contributed by atoms with van der Waals surface area (Å²) >= 11 is 0. The molecule has 5 nitrogen and oxygen atoms in total. The van der Waals surface area contributed by atoms with Crippen LogP contribution in [0.1, 0.15) is 12.1 Å². The summed E-state index contributed by atoms with van der Waals surface area (Å²) in [7, 11) is 0. The van der Waals surface area contributed by atoms with E-state index < -0.39 is 0 Å². The van der Waals surface area contributed by atoms with Gasteiger partial charge >= 0.3 is 0 Å². The second-order valence-corrected chi connectivity index (χ2v) is 5.98. The van der Waals surface area contributed by atoms with Gasteiger partial charge in [-0.05, 0) is 42.1 Å². The number of nitrogens with zero attached hydrogens (tertiary/aromatic N) is 4. The Labute approximate surface area is 139 Å². The van der Waals surface area contributed by atoms with Gasteiger partial charge in [0.2, 0.25) is 0 Å². The van der Waals surface area contributed by atoms with E-state index in [9.17, 15) is 10.4 Å². The average Bonchev–Trinajstić information content (AvgIpc) is 3.07. The monoisotopic (exact) mass is 316 g/mol. The number of benzene rings is 1. The maximum Gasteiger partial charge on any atom is 0.143 e. The molecule has 0 radical (unpaired) electrons. The molecule has 1 N–H and O–H groups in total. The van der Waals surface area contributed by atoms with Crippen LogP contribution in [0.4, 0.5) is 5.82 Å². The Balaban J connectivity index is 1.87. The molecular weight excluding hydrogens is 300 g/mol.